The summed E-state index contributed by atoms with van der Waals surface area (Å²) in [7, 11) is 0. The molecule has 0 saturated heterocycles. The van der Waals surface area contributed by atoms with Gasteiger partial charge in [-0.05, 0) is 25.2 Å². The van der Waals surface area contributed by atoms with Gasteiger partial charge in [0, 0.05) is 19.3 Å². The predicted molar refractivity (Wildman–Crippen MR) is 233 cm³/mol. The first-order valence-corrected chi connectivity index (χ1v) is 24.4. The summed E-state index contributed by atoms with van der Waals surface area (Å²) in [4.78, 5) is 37.8. The number of ether oxygens (including phenoxy) is 3. The van der Waals surface area contributed by atoms with Crippen LogP contribution < -0.4 is 0 Å². The average molecular weight is 779 g/mol. The van der Waals surface area contributed by atoms with Crippen LogP contribution in [-0.2, 0) is 28.6 Å². The Labute approximate surface area is 342 Å². The minimum atomic E-state index is -0.759. The molecule has 0 aromatic heterocycles. The van der Waals surface area contributed by atoms with Crippen molar-refractivity contribution in [1.29, 1.82) is 0 Å². The van der Waals surface area contributed by atoms with E-state index >= 15 is 0 Å². The largest absolute Gasteiger partial charge is 0.462 e. The number of hydrogen-bond acceptors (Lipinski definition) is 6. The molecule has 0 unspecified atom stereocenters. The highest BCUT2D eigenvalue weighted by molar-refractivity contribution is 5.71. The molecule has 0 aliphatic carbocycles. The molecule has 0 saturated carbocycles. The first-order valence-electron chi connectivity index (χ1n) is 24.4. The van der Waals surface area contributed by atoms with Gasteiger partial charge in [0.25, 0.3) is 0 Å². The van der Waals surface area contributed by atoms with E-state index in [9.17, 15) is 14.4 Å². The Hall–Kier alpha value is -1.59. The van der Waals surface area contributed by atoms with E-state index in [1.54, 1.807) is 0 Å². The van der Waals surface area contributed by atoms with Gasteiger partial charge in [0.2, 0.25) is 0 Å². The van der Waals surface area contributed by atoms with E-state index in [2.05, 4.69) is 27.7 Å². The molecule has 0 heterocycles. The molecule has 0 aromatic rings. The van der Waals surface area contributed by atoms with E-state index in [-0.39, 0.29) is 31.1 Å². The second-order valence-electron chi connectivity index (χ2n) is 17.2. The van der Waals surface area contributed by atoms with Crippen LogP contribution in [0.3, 0.4) is 0 Å². The highest BCUT2D eigenvalue weighted by Gasteiger charge is 2.19. The van der Waals surface area contributed by atoms with Crippen LogP contribution in [0.5, 0.6) is 0 Å². The van der Waals surface area contributed by atoms with Crippen molar-refractivity contribution in [2.24, 2.45) is 5.92 Å². The zero-order valence-electron chi connectivity index (χ0n) is 37.4. The summed E-state index contributed by atoms with van der Waals surface area (Å²) in [6.07, 6.45) is 43.7. The number of esters is 3. The molecule has 0 aliphatic rings. The van der Waals surface area contributed by atoms with Gasteiger partial charge >= 0.3 is 17.9 Å². The van der Waals surface area contributed by atoms with Crippen LogP contribution in [0.1, 0.15) is 272 Å². The maximum atomic E-state index is 12.7. The monoisotopic (exact) mass is 779 g/mol. The highest BCUT2D eigenvalue weighted by atomic mass is 16.6. The second kappa shape index (κ2) is 43.5. The summed E-state index contributed by atoms with van der Waals surface area (Å²) in [5, 5.41) is 0. The van der Waals surface area contributed by atoms with Crippen molar-refractivity contribution in [3.8, 4) is 0 Å². The molecular weight excluding hydrogens is 685 g/mol. The van der Waals surface area contributed by atoms with E-state index in [0.717, 1.165) is 63.7 Å². The third-order valence-electron chi connectivity index (χ3n) is 11.0. The molecule has 0 spiro atoms. The summed E-state index contributed by atoms with van der Waals surface area (Å²) in [6, 6.07) is 0. The molecule has 0 fully saturated rings. The van der Waals surface area contributed by atoms with Crippen molar-refractivity contribution >= 4 is 17.9 Å². The summed E-state index contributed by atoms with van der Waals surface area (Å²) in [5.41, 5.74) is 0. The SMILES string of the molecule is CCCCCCCCCCCCCCCC(=O)OC[C@H](COC(=O)CCCCCCCCCCCC)OC(=O)CCCCCCCCCCCCCC(C)C. The Kier molecular flexibility index (Phi) is 42.3. The van der Waals surface area contributed by atoms with Crippen molar-refractivity contribution in [1.82, 2.24) is 0 Å². The lowest BCUT2D eigenvalue weighted by molar-refractivity contribution is -0.167. The van der Waals surface area contributed by atoms with Gasteiger partial charge < -0.3 is 14.2 Å². The van der Waals surface area contributed by atoms with Crippen molar-refractivity contribution < 1.29 is 28.6 Å². The Bertz CT molecular complexity index is 826. The van der Waals surface area contributed by atoms with Gasteiger partial charge in [-0.3, -0.25) is 14.4 Å². The lowest BCUT2D eigenvalue weighted by Gasteiger charge is -2.18. The van der Waals surface area contributed by atoms with Gasteiger partial charge in [-0.25, -0.2) is 0 Å². The molecule has 6 heteroatoms. The van der Waals surface area contributed by atoms with E-state index in [1.165, 1.54) is 167 Å². The van der Waals surface area contributed by atoms with E-state index in [4.69, 9.17) is 14.2 Å². The lowest BCUT2D eigenvalue weighted by atomic mass is 10.0. The second-order valence-corrected chi connectivity index (χ2v) is 17.2. The van der Waals surface area contributed by atoms with Gasteiger partial charge in [-0.2, -0.15) is 0 Å². The van der Waals surface area contributed by atoms with Gasteiger partial charge in [0.1, 0.15) is 13.2 Å². The Morgan fingerprint density at radius 2 is 0.600 bits per heavy atom. The highest BCUT2D eigenvalue weighted by Crippen LogP contribution is 2.16. The molecule has 1 atom stereocenters. The maximum Gasteiger partial charge on any atom is 0.306 e. The first kappa shape index (κ1) is 53.4. The summed E-state index contributed by atoms with van der Waals surface area (Å²) in [6.45, 7) is 9.00. The Morgan fingerprint density at radius 3 is 0.891 bits per heavy atom. The molecule has 0 aliphatic heterocycles. The fourth-order valence-electron chi connectivity index (χ4n) is 7.33. The third-order valence-corrected chi connectivity index (χ3v) is 11.0. The van der Waals surface area contributed by atoms with Gasteiger partial charge in [0.05, 0.1) is 0 Å². The van der Waals surface area contributed by atoms with Crippen molar-refractivity contribution in [2.75, 3.05) is 13.2 Å². The lowest BCUT2D eigenvalue weighted by Crippen LogP contribution is -2.30. The van der Waals surface area contributed by atoms with Gasteiger partial charge in [-0.15, -0.1) is 0 Å². The predicted octanol–water partition coefficient (Wildman–Crippen LogP) is 15.5. The number of carbonyl (C=O) groups is 3. The minimum absolute atomic E-state index is 0.0632. The Balaban J connectivity index is 4.31. The standard InChI is InChI=1S/C49H94O6/c1-5-7-9-11-13-15-17-18-21-25-29-33-37-41-48(51)54-44-46(43-53-47(50)40-36-32-28-24-16-14-12-10-8-6-2)55-49(52)42-38-34-30-26-22-19-20-23-27-31-35-39-45(3)4/h45-46H,5-44H2,1-4H3/t46-/m0/s1. The number of unbranched alkanes of at least 4 members (excludes halogenated alkanes) is 31. The van der Waals surface area contributed by atoms with Crippen molar-refractivity contribution in [3.63, 3.8) is 0 Å². The topological polar surface area (TPSA) is 78.9 Å². The third kappa shape index (κ3) is 43.4. The number of hydrogen-bond donors (Lipinski definition) is 0. The average Bonchev–Trinajstić information content (AvgIpc) is 3.17. The Morgan fingerprint density at radius 1 is 0.345 bits per heavy atom. The summed E-state index contributed by atoms with van der Waals surface area (Å²) in [5.74, 6) is -0.0251. The van der Waals surface area contributed by atoms with Crippen LogP contribution in [0.25, 0.3) is 0 Å². The molecule has 0 amide bonds. The van der Waals surface area contributed by atoms with Crippen molar-refractivity contribution in [3.05, 3.63) is 0 Å². The molecule has 0 rings (SSSR count). The molecule has 0 radical (unpaired) electrons. The fourth-order valence-corrected chi connectivity index (χ4v) is 7.33. The molecular formula is C49H94O6. The van der Waals surface area contributed by atoms with E-state index < -0.39 is 6.10 Å². The van der Waals surface area contributed by atoms with Gasteiger partial charge in [-0.1, -0.05) is 233 Å². The van der Waals surface area contributed by atoms with Crippen LogP contribution >= 0.6 is 0 Å². The smallest absolute Gasteiger partial charge is 0.306 e. The van der Waals surface area contributed by atoms with Crippen LogP contribution in [0.2, 0.25) is 0 Å². The molecule has 0 bridgehead atoms. The minimum Gasteiger partial charge on any atom is -0.462 e. The van der Waals surface area contributed by atoms with E-state index in [0.29, 0.717) is 19.3 Å². The zero-order valence-corrected chi connectivity index (χ0v) is 37.4. The molecule has 55 heavy (non-hydrogen) atoms. The number of rotatable bonds is 44. The molecule has 0 N–H and O–H groups in total. The quantitative estimate of drug-likeness (QED) is 0.0348. The van der Waals surface area contributed by atoms with Crippen LogP contribution in [0, 0.1) is 5.92 Å². The first-order chi connectivity index (χ1) is 26.9. The van der Waals surface area contributed by atoms with Gasteiger partial charge in [0.15, 0.2) is 6.10 Å². The van der Waals surface area contributed by atoms with Crippen LogP contribution in [0.4, 0.5) is 0 Å². The van der Waals surface area contributed by atoms with E-state index in [1.807, 2.05) is 0 Å². The fraction of sp³-hybridized carbons (Fsp3) is 0.939. The maximum absolute atomic E-state index is 12.7. The summed E-state index contributed by atoms with van der Waals surface area (Å²) < 4.78 is 16.7. The van der Waals surface area contributed by atoms with Crippen molar-refractivity contribution in [2.45, 2.75) is 278 Å². The summed E-state index contributed by atoms with van der Waals surface area (Å²) >= 11 is 0. The normalized spacial score (nSPS) is 11.9. The zero-order chi connectivity index (χ0) is 40.3. The molecule has 326 valence electrons. The molecule has 6 nitrogen and oxygen atoms in total. The van der Waals surface area contributed by atoms with Crippen LogP contribution in [-0.4, -0.2) is 37.2 Å². The molecule has 0 aromatic carbocycles. The van der Waals surface area contributed by atoms with Crippen LogP contribution in [0.15, 0.2) is 0 Å². The number of carbonyl (C=O) groups excluding carboxylic acids is 3.